The van der Waals surface area contributed by atoms with E-state index >= 15 is 0 Å². The fourth-order valence-electron chi connectivity index (χ4n) is 1.78. The molecule has 0 aliphatic carbocycles. The normalized spacial score (nSPS) is 10.1. The van der Waals surface area contributed by atoms with E-state index in [-0.39, 0.29) is 17.8 Å². The zero-order chi connectivity index (χ0) is 16.7. The van der Waals surface area contributed by atoms with Gasteiger partial charge in [-0.1, -0.05) is 13.3 Å². The highest BCUT2D eigenvalue weighted by molar-refractivity contribution is 5.95. The summed E-state index contributed by atoms with van der Waals surface area (Å²) >= 11 is 0. The lowest BCUT2D eigenvalue weighted by Crippen LogP contribution is -2.21. The molecular formula is C15H20N2O5. The van der Waals surface area contributed by atoms with Crippen LogP contribution in [-0.2, 0) is 14.3 Å². The standard InChI is InChI=1S/C15H20N2O5/c1-4-5-6-15(19)22-9-14(18)16-12-7-10(2)11(3)8-13(12)17(20)21/h7-8H,4-6,9H2,1-3H3,(H,16,18). The molecule has 0 spiro atoms. The van der Waals surface area contributed by atoms with Crippen LogP contribution in [0.15, 0.2) is 12.1 Å². The lowest BCUT2D eigenvalue weighted by molar-refractivity contribution is -0.384. The van der Waals surface area contributed by atoms with Gasteiger partial charge in [0.25, 0.3) is 11.6 Å². The molecule has 7 heteroatoms. The number of amides is 1. The van der Waals surface area contributed by atoms with Crippen molar-refractivity contribution in [1.82, 2.24) is 0 Å². The minimum absolute atomic E-state index is 0.0997. The average Bonchev–Trinajstić information content (AvgIpc) is 2.46. The molecule has 0 aliphatic rings. The molecule has 1 aromatic rings. The molecule has 0 saturated heterocycles. The number of nitro groups is 1. The van der Waals surface area contributed by atoms with Gasteiger partial charge in [0.1, 0.15) is 5.69 Å². The number of nitro benzene ring substituents is 1. The van der Waals surface area contributed by atoms with E-state index in [0.717, 1.165) is 17.5 Å². The van der Waals surface area contributed by atoms with E-state index in [4.69, 9.17) is 4.74 Å². The molecule has 0 saturated carbocycles. The molecule has 22 heavy (non-hydrogen) atoms. The second-order valence-electron chi connectivity index (χ2n) is 5.02. The molecular weight excluding hydrogens is 288 g/mol. The van der Waals surface area contributed by atoms with Gasteiger partial charge in [0.05, 0.1) is 4.92 Å². The summed E-state index contributed by atoms with van der Waals surface area (Å²) in [5, 5.41) is 13.4. The van der Waals surface area contributed by atoms with E-state index in [0.29, 0.717) is 6.42 Å². The Hall–Kier alpha value is -2.44. The summed E-state index contributed by atoms with van der Waals surface area (Å²) in [4.78, 5) is 33.5. The minimum atomic E-state index is -0.601. The van der Waals surface area contributed by atoms with Crippen LogP contribution in [0, 0.1) is 24.0 Å². The maximum absolute atomic E-state index is 11.8. The van der Waals surface area contributed by atoms with Crippen LogP contribution in [0.1, 0.15) is 37.3 Å². The number of hydrogen-bond donors (Lipinski definition) is 1. The number of aryl methyl sites for hydroxylation is 2. The van der Waals surface area contributed by atoms with Crippen LogP contribution in [0.3, 0.4) is 0 Å². The summed E-state index contributed by atoms with van der Waals surface area (Å²) < 4.78 is 4.81. The summed E-state index contributed by atoms with van der Waals surface area (Å²) in [6, 6.07) is 2.93. The molecule has 0 heterocycles. The van der Waals surface area contributed by atoms with Crippen LogP contribution in [0.4, 0.5) is 11.4 Å². The molecule has 120 valence electrons. The predicted molar refractivity (Wildman–Crippen MR) is 81.7 cm³/mol. The Kier molecular flexibility index (Phi) is 6.49. The van der Waals surface area contributed by atoms with Crippen molar-refractivity contribution in [1.29, 1.82) is 0 Å². The van der Waals surface area contributed by atoms with E-state index in [9.17, 15) is 19.7 Å². The maximum atomic E-state index is 11.8. The first-order valence-electron chi connectivity index (χ1n) is 7.06. The Morgan fingerprint density at radius 1 is 1.27 bits per heavy atom. The van der Waals surface area contributed by atoms with Crippen molar-refractivity contribution in [2.24, 2.45) is 0 Å². The highest BCUT2D eigenvalue weighted by Crippen LogP contribution is 2.27. The van der Waals surface area contributed by atoms with Crippen molar-refractivity contribution < 1.29 is 19.2 Å². The van der Waals surface area contributed by atoms with Gasteiger partial charge in [-0.05, 0) is 37.5 Å². The van der Waals surface area contributed by atoms with Crippen LogP contribution in [0.2, 0.25) is 0 Å². The van der Waals surface area contributed by atoms with Gasteiger partial charge in [0, 0.05) is 12.5 Å². The van der Waals surface area contributed by atoms with Crippen molar-refractivity contribution in [3.63, 3.8) is 0 Å². The van der Waals surface area contributed by atoms with E-state index in [1.807, 2.05) is 6.92 Å². The van der Waals surface area contributed by atoms with Crippen LogP contribution in [-0.4, -0.2) is 23.4 Å². The molecule has 0 aromatic heterocycles. The van der Waals surface area contributed by atoms with E-state index in [2.05, 4.69) is 5.32 Å². The fourth-order valence-corrected chi connectivity index (χ4v) is 1.78. The summed E-state index contributed by atoms with van der Waals surface area (Å²) in [6.07, 6.45) is 1.81. The number of nitrogens with zero attached hydrogens (tertiary/aromatic N) is 1. The molecule has 1 rings (SSSR count). The van der Waals surface area contributed by atoms with Gasteiger partial charge in [0.15, 0.2) is 6.61 Å². The first-order valence-corrected chi connectivity index (χ1v) is 7.06. The number of esters is 1. The number of anilines is 1. The number of ether oxygens (including phenoxy) is 1. The highest BCUT2D eigenvalue weighted by atomic mass is 16.6. The minimum Gasteiger partial charge on any atom is -0.456 e. The molecule has 1 N–H and O–H groups in total. The lowest BCUT2D eigenvalue weighted by atomic mass is 10.1. The van der Waals surface area contributed by atoms with Crippen molar-refractivity contribution in [3.8, 4) is 0 Å². The van der Waals surface area contributed by atoms with Crippen molar-refractivity contribution >= 4 is 23.3 Å². The van der Waals surface area contributed by atoms with Gasteiger partial charge in [-0.3, -0.25) is 19.7 Å². The number of hydrogen-bond acceptors (Lipinski definition) is 5. The molecule has 0 fully saturated rings. The van der Waals surface area contributed by atoms with Gasteiger partial charge >= 0.3 is 5.97 Å². The van der Waals surface area contributed by atoms with Crippen molar-refractivity contribution in [3.05, 3.63) is 33.4 Å². The molecule has 0 radical (unpaired) electrons. The zero-order valence-corrected chi connectivity index (χ0v) is 13.0. The van der Waals surface area contributed by atoms with Crippen LogP contribution in [0.25, 0.3) is 0 Å². The smallest absolute Gasteiger partial charge is 0.306 e. The summed E-state index contributed by atoms with van der Waals surface area (Å²) in [6.45, 7) is 5.04. The number of carbonyl (C=O) groups excluding carboxylic acids is 2. The monoisotopic (exact) mass is 308 g/mol. The maximum Gasteiger partial charge on any atom is 0.306 e. The molecule has 0 bridgehead atoms. The Bertz CT molecular complexity index is 584. The number of carbonyl (C=O) groups is 2. The van der Waals surface area contributed by atoms with Gasteiger partial charge < -0.3 is 10.1 Å². The van der Waals surface area contributed by atoms with Crippen LogP contribution >= 0.6 is 0 Å². The molecule has 0 aliphatic heterocycles. The van der Waals surface area contributed by atoms with Crippen molar-refractivity contribution in [2.75, 3.05) is 11.9 Å². The van der Waals surface area contributed by atoms with Crippen LogP contribution in [0.5, 0.6) is 0 Å². The van der Waals surface area contributed by atoms with Crippen LogP contribution < -0.4 is 5.32 Å². The number of unbranched alkanes of at least 4 members (excludes halogenated alkanes) is 1. The van der Waals surface area contributed by atoms with E-state index in [1.165, 1.54) is 12.1 Å². The third kappa shape index (κ3) is 5.16. The molecule has 0 atom stereocenters. The van der Waals surface area contributed by atoms with Crippen molar-refractivity contribution in [2.45, 2.75) is 40.0 Å². The Morgan fingerprint density at radius 2 is 1.91 bits per heavy atom. The van der Waals surface area contributed by atoms with E-state index in [1.54, 1.807) is 13.8 Å². The van der Waals surface area contributed by atoms with Gasteiger partial charge in [-0.25, -0.2) is 0 Å². The largest absolute Gasteiger partial charge is 0.456 e. The second kappa shape index (κ2) is 8.11. The molecule has 7 nitrogen and oxygen atoms in total. The predicted octanol–water partition coefficient (Wildman–Crippen LogP) is 2.88. The quantitative estimate of drug-likeness (QED) is 0.474. The third-order valence-corrected chi connectivity index (χ3v) is 3.18. The summed E-state index contributed by atoms with van der Waals surface area (Å²) in [5.74, 6) is -1.05. The highest BCUT2D eigenvalue weighted by Gasteiger charge is 2.18. The topological polar surface area (TPSA) is 98.5 Å². The lowest BCUT2D eigenvalue weighted by Gasteiger charge is -2.09. The van der Waals surface area contributed by atoms with Gasteiger partial charge in [0.2, 0.25) is 0 Å². The first-order chi connectivity index (χ1) is 10.3. The SMILES string of the molecule is CCCCC(=O)OCC(=O)Nc1cc(C)c(C)cc1[N+](=O)[O-]. The summed E-state index contributed by atoms with van der Waals surface area (Å²) in [7, 11) is 0. The van der Waals surface area contributed by atoms with Gasteiger partial charge in [-0.15, -0.1) is 0 Å². The Balaban J connectivity index is 2.70. The number of benzene rings is 1. The number of rotatable bonds is 7. The average molecular weight is 308 g/mol. The Labute approximate surface area is 128 Å². The first kappa shape index (κ1) is 17.6. The molecule has 0 unspecified atom stereocenters. The molecule has 1 aromatic carbocycles. The zero-order valence-electron chi connectivity index (χ0n) is 13.0. The molecule has 1 amide bonds. The fraction of sp³-hybridized carbons (Fsp3) is 0.467. The second-order valence-corrected chi connectivity index (χ2v) is 5.02. The third-order valence-electron chi connectivity index (χ3n) is 3.18. The number of nitrogens with one attached hydrogen (secondary N) is 1. The van der Waals surface area contributed by atoms with Gasteiger partial charge in [-0.2, -0.15) is 0 Å². The van der Waals surface area contributed by atoms with E-state index < -0.39 is 23.4 Å². The summed E-state index contributed by atoms with van der Waals surface area (Å²) in [5.41, 5.74) is 1.49. The Morgan fingerprint density at radius 3 is 2.50 bits per heavy atom.